The van der Waals surface area contributed by atoms with E-state index < -0.39 is 11.7 Å². The third-order valence-electron chi connectivity index (χ3n) is 2.38. The van der Waals surface area contributed by atoms with E-state index in [1.54, 1.807) is 12.1 Å². The number of rotatable bonds is 2. The quantitative estimate of drug-likeness (QED) is 0.898. The number of hydrogen-bond acceptors (Lipinski definition) is 3. The molecule has 6 heteroatoms. The second kappa shape index (κ2) is 4.98. The van der Waals surface area contributed by atoms with Crippen molar-refractivity contribution < 1.29 is 13.2 Å². The Morgan fingerprint density at radius 1 is 1.16 bits per heavy atom. The minimum atomic E-state index is -4.40. The third-order valence-corrected chi connectivity index (χ3v) is 2.38. The summed E-state index contributed by atoms with van der Waals surface area (Å²) in [6.07, 6.45) is -2.96. The zero-order valence-corrected chi connectivity index (χ0v) is 9.57. The van der Waals surface area contributed by atoms with Gasteiger partial charge in [0.15, 0.2) is 5.69 Å². The first-order valence-electron chi connectivity index (χ1n) is 5.30. The lowest BCUT2D eigenvalue weighted by Gasteiger charge is -2.11. The van der Waals surface area contributed by atoms with Crippen LogP contribution < -0.4 is 5.32 Å². The molecule has 0 spiro atoms. The number of nitriles is 1. The molecule has 2 rings (SSSR count). The molecule has 96 valence electrons. The lowest BCUT2D eigenvalue weighted by atomic mass is 10.2. The van der Waals surface area contributed by atoms with Crippen LogP contribution >= 0.6 is 0 Å². The molecular weight excluding hydrogens is 255 g/mol. The van der Waals surface area contributed by atoms with Crippen molar-refractivity contribution in [1.29, 1.82) is 5.26 Å². The van der Waals surface area contributed by atoms with Crippen LogP contribution in [0.25, 0.3) is 0 Å². The number of nitrogens with one attached hydrogen (secondary N) is 1. The summed E-state index contributed by atoms with van der Waals surface area (Å²) in [6, 6.07) is 9.79. The van der Waals surface area contributed by atoms with E-state index >= 15 is 0 Å². The van der Waals surface area contributed by atoms with Crippen molar-refractivity contribution >= 4 is 11.4 Å². The Kier molecular flexibility index (Phi) is 3.38. The first-order chi connectivity index (χ1) is 9.00. The van der Waals surface area contributed by atoms with Crippen LogP contribution in [0.4, 0.5) is 24.5 Å². The van der Waals surface area contributed by atoms with Crippen molar-refractivity contribution in [2.45, 2.75) is 6.18 Å². The highest BCUT2D eigenvalue weighted by Gasteiger charge is 2.30. The van der Waals surface area contributed by atoms with Gasteiger partial charge in [-0.1, -0.05) is 6.07 Å². The fourth-order valence-corrected chi connectivity index (χ4v) is 1.52. The van der Waals surface area contributed by atoms with E-state index in [2.05, 4.69) is 10.3 Å². The van der Waals surface area contributed by atoms with Crippen LogP contribution in [-0.2, 0) is 6.18 Å². The number of halogens is 3. The maximum absolute atomic E-state index is 12.6. The van der Waals surface area contributed by atoms with Crippen molar-refractivity contribution in [1.82, 2.24) is 4.98 Å². The van der Waals surface area contributed by atoms with E-state index in [1.165, 1.54) is 18.3 Å². The van der Waals surface area contributed by atoms with Crippen molar-refractivity contribution in [3.63, 3.8) is 0 Å². The van der Waals surface area contributed by atoms with E-state index in [4.69, 9.17) is 5.26 Å². The minimum absolute atomic E-state index is 0.125. The van der Waals surface area contributed by atoms with Gasteiger partial charge in [-0.2, -0.15) is 18.4 Å². The summed E-state index contributed by atoms with van der Waals surface area (Å²) in [7, 11) is 0. The lowest BCUT2D eigenvalue weighted by Crippen LogP contribution is -2.05. The Labute approximate surface area is 107 Å². The van der Waals surface area contributed by atoms with Crippen molar-refractivity contribution in [2.24, 2.45) is 0 Å². The molecule has 1 N–H and O–H groups in total. The predicted molar refractivity (Wildman–Crippen MR) is 63.7 cm³/mol. The first-order valence-corrected chi connectivity index (χ1v) is 5.30. The molecule has 19 heavy (non-hydrogen) atoms. The number of aromatic nitrogens is 1. The average Bonchev–Trinajstić information content (AvgIpc) is 2.39. The maximum Gasteiger partial charge on any atom is 0.416 e. The Morgan fingerprint density at radius 2 is 1.95 bits per heavy atom. The van der Waals surface area contributed by atoms with Crippen LogP contribution in [0.3, 0.4) is 0 Å². The van der Waals surface area contributed by atoms with Crippen molar-refractivity contribution in [3.05, 3.63) is 53.9 Å². The molecule has 0 atom stereocenters. The molecule has 1 aromatic carbocycles. The van der Waals surface area contributed by atoms with Gasteiger partial charge in [-0.25, -0.2) is 4.98 Å². The summed E-state index contributed by atoms with van der Waals surface area (Å²) in [5, 5.41) is 11.6. The SMILES string of the molecule is N#Cc1ncccc1Nc1cccc(C(F)(F)F)c1. The number of hydrogen-bond donors (Lipinski definition) is 1. The molecule has 0 bridgehead atoms. The number of benzene rings is 1. The van der Waals surface area contributed by atoms with Gasteiger partial charge in [0.05, 0.1) is 11.3 Å². The van der Waals surface area contributed by atoms with Crippen LogP contribution in [0.15, 0.2) is 42.6 Å². The van der Waals surface area contributed by atoms with Gasteiger partial charge in [-0.15, -0.1) is 0 Å². The van der Waals surface area contributed by atoms with Gasteiger partial charge >= 0.3 is 6.18 Å². The molecule has 3 nitrogen and oxygen atoms in total. The maximum atomic E-state index is 12.6. The Morgan fingerprint density at radius 3 is 2.63 bits per heavy atom. The van der Waals surface area contributed by atoms with Crippen LogP contribution in [-0.4, -0.2) is 4.98 Å². The molecule has 0 aliphatic rings. The highest BCUT2D eigenvalue weighted by molar-refractivity contribution is 5.64. The Bertz CT molecular complexity index is 630. The van der Waals surface area contributed by atoms with E-state index in [0.717, 1.165) is 12.1 Å². The monoisotopic (exact) mass is 263 g/mol. The molecule has 1 aromatic heterocycles. The average molecular weight is 263 g/mol. The van der Waals surface area contributed by atoms with Crippen LogP contribution in [0.1, 0.15) is 11.3 Å². The highest BCUT2D eigenvalue weighted by atomic mass is 19.4. The van der Waals surface area contributed by atoms with Gasteiger partial charge < -0.3 is 5.32 Å². The van der Waals surface area contributed by atoms with Gasteiger partial charge in [0.2, 0.25) is 0 Å². The van der Waals surface area contributed by atoms with Crippen LogP contribution in [0.5, 0.6) is 0 Å². The van der Waals surface area contributed by atoms with Gasteiger partial charge in [0, 0.05) is 11.9 Å². The molecule has 2 aromatic rings. The standard InChI is InChI=1S/C13H8F3N3/c14-13(15,16)9-3-1-4-10(7-9)19-11-5-2-6-18-12(11)8-17/h1-7,19H. The highest BCUT2D eigenvalue weighted by Crippen LogP contribution is 2.31. The third kappa shape index (κ3) is 3.01. The number of anilines is 2. The second-order valence-corrected chi connectivity index (χ2v) is 3.71. The largest absolute Gasteiger partial charge is 0.416 e. The van der Waals surface area contributed by atoms with Crippen LogP contribution in [0.2, 0.25) is 0 Å². The zero-order chi connectivity index (χ0) is 13.9. The lowest BCUT2D eigenvalue weighted by molar-refractivity contribution is -0.137. The van der Waals surface area contributed by atoms with E-state index in [-0.39, 0.29) is 11.4 Å². The van der Waals surface area contributed by atoms with E-state index in [1.807, 2.05) is 6.07 Å². The normalized spacial score (nSPS) is 10.8. The topological polar surface area (TPSA) is 48.7 Å². The smallest absolute Gasteiger partial charge is 0.353 e. The van der Waals surface area contributed by atoms with Crippen molar-refractivity contribution in [2.75, 3.05) is 5.32 Å². The summed E-state index contributed by atoms with van der Waals surface area (Å²) in [6.45, 7) is 0. The van der Waals surface area contributed by atoms with E-state index in [9.17, 15) is 13.2 Å². The molecule has 1 heterocycles. The molecule has 0 radical (unpaired) electrons. The summed E-state index contributed by atoms with van der Waals surface area (Å²) < 4.78 is 37.7. The molecule has 0 unspecified atom stereocenters. The van der Waals surface area contributed by atoms with Gasteiger partial charge in [-0.05, 0) is 30.3 Å². The fourth-order valence-electron chi connectivity index (χ4n) is 1.52. The summed E-state index contributed by atoms with van der Waals surface area (Å²) in [4.78, 5) is 3.82. The minimum Gasteiger partial charge on any atom is -0.353 e. The summed E-state index contributed by atoms with van der Waals surface area (Å²) >= 11 is 0. The molecule has 0 amide bonds. The summed E-state index contributed by atoms with van der Waals surface area (Å²) in [5.41, 5.74) is -0.0107. The van der Waals surface area contributed by atoms with Gasteiger partial charge in [0.25, 0.3) is 0 Å². The molecule has 0 saturated carbocycles. The first kappa shape index (κ1) is 12.9. The Balaban J connectivity index is 2.32. The molecule has 0 aliphatic heterocycles. The van der Waals surface area contributed by atoms with Gasteiger partial charge in [0.1, 0.15) is 6.07 Å². The Hall–Kier alpha value is -2.55. The van der Waals surface area contributed by atoms with Gasteiger partial charge in [-0.3, -0.25) is 0 Å². The second-order valence-electron chi connectivity index (χ2n) is 3.71. The number of pyridine rings is 1. The zero-order valence-electron chi connectivity index (χ0n) is 9.57. The van der Waals surface area contributed by atoms with E-state index in [0.29, 0.717) is 5.69 Å². The van der Waals surface area contributed by atoms with Crippen molar-refractivity contribution in [3.8, 4) is 6.07 Å². The van der Waals surface area contributed by atoms with Crippen LogP contribution in [0, 0.1) is 11.3 Å². The fraction of sp³-hybridized carbons (Fsp3) is 0.0769. The predicted octanol–water partition coefficient (Wildman–Crippen LogP) is 3.72. The summed E-state index contributed by atoms with van der Waals surface area (Å²) in [5.74, 6) is 0. The molecule has 0 aliphatic carbocycles. The molecule has 0 fully saturated rings. The number of alkyl halides is 3. The number of nitrogens with zero attached hydrogens (tertiary/aromatic N) is 2. The molecular formula is C13H8F3N3. The molecule has 0 saturated heterocycles.